The molecule has 0 atom stereocenters. The Morgan fingerprint density at radius 1 is 1.04 bits per heavy atom. The van der Waals surface area contributed by atoms with E-state index in [0.29, 0.717) is 5.56 Å². The van der Waals surface area contributed by atoms with Crippen LogP contribution in [0.5, 0.6) is 0 Å². The molecule has 4 heteroatoms. The summed E-state index contributed by atoms with van der Waals surface area (Å²) in [7, 11) is 0. The van der Waals surface area contributed by atoms with Crippen molar-refractivity contribution in [2.24, 2.45) is 4.99 Å². The maximum atomic E-state index is 9.30. The molecule has 0 radical (unpaired) electrons. The molecule has 0 aromatic heterocycles. The Kier molecular flexibility index (Phi) is 5.60. The van der Waals surface area contributed by atoms with E-state index in [1.165, 1.54) is 5.56 Å². The number of aryl methyl sites for hydroxylation is 1. The Morgan fingerprint density at radius 2 is 1.75 bits per heavy atom. The molecule has 0 spiro atoms. The molecule has 1 heterocycles. The van der Waals surface area contributed by atoms with Crippen LogP contribution in [0, 0.1) is 11.3 Å². The summed E-state index contributed by atoms with van der Waals surface area (Å²) in [6.45, 7) is 3.15. The van der Waals surface area contributed by atoms with Crippen molar-refractivity contribution in [1.82, 2.24) is 4.90 Å². The van der Waals surface area contributed by atoms with Crippen LogP contribution in [-0.4, -0.2) is 37.0 Å². The molecule has 0 N–H and O–H groups in total. The summed E-state index contributed by atoms with van der Waals surface area (Å²) < 4.78 is 5.46. The normalized spacial score (nSPS) is 15.1. The van der Waals surface area contributed by atoms with E-state index < -0.39 is 0 Å². The van der Waals surface area contributed by atoms with Crippen LogP contribution in [0.25, 0.3) is 0 Å². The molecule has 0 saturated carbocycles. The maximum Gasteiger partial charge on any atom is 0.105 e. The lowest BCUT2D eigenvalue weighted by atomic mass is 10.1. The van der Waals surface area contributed by atoms with E-state index in [1.54, 1.807) is 0 Å². The minimum absolute atomic E-state index is 0.614. The number of nitrogens with zero attached hydrogens (tertiary/aromatic N) is 3. The molecule has 24 heavy (non-hydrogen) atoms. The van der Waals surface area contributed by atoms with Crippen molar-refractivity contribution in [3.05, 3.63) is 65.7 Å². The fourth-order valence-electron chi connectivity index (χ4n) is 2.81. The Balaban J connectivity index is 1.84. The number of ether oxygens (including phenoxy) is 1. The first kappa shape index (κ1) is 16.2. The van der Waals surface area contributed by atoms with Gasteiger partial charge in [0.1, 0.15) is 11.9 Å². The van der Waals surface area contributed by atoms with Crippen LogP contribution >= 0.6 is 0 Å². The van der Waals surface area contributed by atoms with Crippen molar-refractivity contribution in [3.8, 4) is 6.07 Å². The highest BCUT2D eigenvalue weighted by Crippen LogP contribution is 2.20. The highest BCUT2D eigenvalue weighted by atomic mass is 16.5. The van der Waals surface area contributed by atoms with Gasteiger partial charge >= 0.3 is 0 Å². The number of hydrogen-bond acceptors (Lipinski definition) is 3. The molecule has 1 saturated heterocycles. The third kappa shape index (κ3) is 4.21. The van der Waals surface area contributed by atoms with Gasteiger partial charge in [-0.1, -0.05) is 42.5 Å². The number of nitriles is 1. The summed E-state index contributed by atoms with van der Waals surface area (Å²) in [5.41, 5.74) is 2.66. The number of aliphatic imine (C=N–C) groups is 1. The van der Waals surface area contributed by atoms with Gasteiger partial charge < -0.3 is 9.64 Å². The first-order chi connectivity index (χ1) is 11.9. The molecule has 2 aromatic carbocycles. The SMILES string of the molecule is N#Cc1ccccc1N=C(CCc1ccccc1)N1CCOCC1. The number of rotatable bonds is 4. The van der Waals surface area contributed by atoms with E-state index >= 15 is 0 Å². The van der Waals surface area contributed by atoms with E-state index in [0.717, 1.165) is 50.7 Å². The lowest BCUT2D eigenvalue weighted by Crippen LogP contribution is -2.40. The minimum atomic E-state index is 0.614. The summed E-state index contributed by atoms with van der Waals surface area (Å²) >= 11 is 0. The van der Waals surface area contributed by atoms with Crippen molar-refractivity contribution in [2.45, 2.75) is 12.8 Å². The number of para-hydroxylation sites is 1. The summed E-state index contributed by atoms with van der Waals surface area (Å²) in [6, 6.07) is 20.2. The average molecular weight is 319 g/mol. The molecule has 0 bridgehead atoms. The molecule has 0 amide bonds. The quantitative estimate of drug-likeness (QED) is 0.639. The van der Waals surface area contributed by atoms with E-state index in [2.05, 4.69) is 35.2 Å². The van der Waals surface area contributed by atoms with Crippen LogP contribution in [-0.2, 0) is 11.2 Å². The van der Waals surface area contributed by atoms with E-state index in [9.17, 15) is 5.26 Å². The Morgan fingerprint density at radius 3 is 2.50 bits per heavy atom. The van der Waals surface area contributed by atoms with Gasteiger partial charge in [0, 0.05) is 19.5 Å². The van der Waals surface area contributed by atoms with Crippen molar-refractivity contribution < 1.29 is 4.74 Å². The van der Waals surface area contributed by atoms with Crippen LogP contribution in [0.2, 0.25) is 0 Å². The Labute approximate surface area is 143 Å². The lowest BCUT2D eigenvalue weighted by molar-refractivity contribution is 0.0672. The second-order valence-electron chi connectivity index (χ2n) is 5.74. The highest BCUT2D eigenvalue weighted by molar-refractivity contribution is 5.86. The second kappa shape index (κ2) is 8.28. The molecule has 1 aliphatic heterocycles. The number of benzene rings is 2. The molecule has 3 rings (SSSR count). The first-order valence-corrected chi connectivity index (χ1v) is 8.30. The van der Waals surface area contributed by atoms with Crippen LogP contribution < -0.4 is 0 Å². The Hall–Kier alpha value is -2.64. The van der Waals surface area contributed by atoms with Crippen molar-refractivity contribution in [2.75, 3.05) is 26.3 Å². The average Bonchev–Trinajstić information content (AvgIpc) is 2.67. The Bertz CT molecular complexity index is 728. The number of morpholine rings is 1. The highest BCUT2D eigenvalue weighted by Gasteiger charge is 2.16. The van der Waals surface area contributed by atoms with Gasteiger partial charge in [0.15, 0.2) is 0 Å². The van der Waals surface area contributed by atoms with E-state index in [-0.39, 0.29) is 0 Å². The van der Waals surface area contributed by atoms with Crippen LogP contribution in [0.15, 0.2) is 59.6 Å². The molecule has 1 aliphatic rings. The zero-order valence-electron chi connectivity index (χ0n) is 13.7. The predicted molar refractivity (Wildman–Crippen MR) is 95.4 cm³/mol. The van der Waals surface area contributed by atoms with Crippen LogP contribution in [0.3, 0.4) is 0 Å². The minimum Gasteiger partial charge on any atom is -0.378 e. The lowest BCUT2D eigenvalue weighted by Gasteiger charge is -2.30. The molecular formula is C20H21N3O. The predicted octanol–water partition coefficient (Wildman–Crippen LogP) is 3.55. The number of amidine groups is 1. The van der Waals surface area contributed by atoms with Crippen LogP contribution in [0.1, 0.15) is 17.5 Å². The van der Waals surface area contributed by atoms with Crippen molar-refractivity contribution >= 4 is 11.5 Å². The summed E-state index contributed by atoms with van der Waals surface area (Å²) in [4.78, 5) is 7.11. The second-order valence-corrected chi connectivity index (χ2v) is 5.74. The van der Waals surface area contributed by atoms with Gasteiger partial charge in [-0.2, -0.15) is 5.26 Å². The van der Waals surface area contributed by atoms with Gasteiger partial charge in [-0.15, -0.1) is 0 Å². The van der Waals surface area contributed by atoms with Gasteiger partial charge in [-0.25, -0.2) is 4.99 Å². The molecule has 1 fully saturated rings. The number of hydrogen-bond donors (Lipinski definition) is 0. The molecule has 4 nitrogen and oxygen atoms in total. The summed E-state index contributed by atoms with van der Waals surface area (Å²) in [5.74, 6) is 1.03. The van der Waals surface area contributed by atoms with Crippen LogP contribution in [0.4, 0.5) is 5.69 Å². The fraction of sp³-hybridized carbons (Fsp3) is 0.300. The summed E-state index contributed by atoms with van der Waals surface area (Å²) in [5, 5.41) is 9.30. The topological polar surface area (TPSA) is 48.6 Å². The van der Waals surface area contributed by atoms with Gasteiger partial charge in [0.2, 0.25) is 0 Å². The maximum absolute atomic E-state index is 9.30. The molecule has 0 unspecified atom stereocenters. The van der Waals surface area contributed by atoms with E-state index in [4.69, 9.17) is 9.73 Å². The zero-order chi connectivity index (χ0) is 16.6. The van der Waals surface area contributed by atoms with Gasteiger partial charge in [0.25, 0.3) is 0 Å². The van der Waals surface area contributed by atoms with Gasteiger partial charge in [0.05, 0.1) is 24.5 Å². The molecule has 2 aromatic rings. The first-order valence-electron chi connectivity index (χ1n) is 8.30. The summed E-state index contributed by atoms with van der Waals surface area (Å²) in [6.07, 6.45) is 1.79. The van der Waals surface area contributed by atoms with Gasteiger partial charge in [-0.3, -0.25) is 0 Å². The third-order valence-corrected chi connectivity index (χ3v) is 4.13. The molecule has 122 valence electrons. The largest absolute Gasteiger partial charge is 0.378 e. The van der Waals surface area contributed by atoms with Crippen molar-refractivity contribution in [3.63, 3.8) is 0 Å². The fourth-order valence-corrected chi connectivity index (χ4v) is 2.81. The standard InChI is InChI=1S/C20H21N3O/c21-16-18-8-4-5-9-19(18)22-20(23-12-14-24-15-13-23)11-10-17-6-2-1-3-7-17/h1-9H,10-15H2. The molecular weight excluding hydrogens is 298 g/mol. The monoisotopic (exact) mass is 319 g/mol. The smallest absolute Gasteiger partial charge is 0.105 e. The van der Waals surface area contributed by atoms with E-state index in [1.807, 2.05) is 30.3 Å². The zero-order valence-corrected chi connectivity index (χ0v) is 13.7. The van der Waals surface area contributed by atoms with Gasteiger partial charge in [-0.05, 0) is 24.1 Å². The molecule has 0 aliphatic carbocycles. The van der Waals surface area contributed by atoms with Crippen molar-refractivity contribution in [1.29, 1.82) is 5.26 Å². The third-order valence-electron chi connectivity index (χ3n) is 4.13.